The third-order valence-electron chi connectivity index (χ3n) is 8.07. The molecule has 5 rings (SSSR count). The molecule has 3 atom stereocenters. The smallest absolute Gasteiger partial charge is 0.410 e. The van der Waals surface area contributed by atoms with Crippen molar-refractivity contribution in [1.29, 1.82) is 0 Å². The maximum Gasteiger partial charge on any atom is 0.415 e. The van der Waals surface area contributed by atoms with E-state index < -0.39 is 18.0 Å². The highest BCUT2D eigenvalue weighted by Crippen LogP contribution is 2.34. The molecule has 3 aliphatic rings. The lowest BCUT2D eigenvalue weighted by atomic mass is 9.93. The van der Waals surface area contributed by atoms with Crippen LogP contribution in [0.5, 0.6) is 5.75 Å². The van der Waals surface area contributed by atoms with Gasteiger partial charge in [-0.1, -0.05) is 23.7 Å². The number of amides is 4. The Hall–Kier alpha value is -3.66. The number of carbonyl (C=O) groups excluding carboxylic acids is 4. The minimum atomic E-state index is -0.567. The Morgan fingerprint density at radius 1 is 1.00 bits per heavy atom. The van der Waals surface area contributed by atoms with E-state index in [1.165, 1.54) is 24.3 Å². The number of benzene rings is 2. The first-order valence-corrected chi connectivity index (χ1v) is 14.0. The summed E-state index contributed by atoms with van der Waals surface area (Å²) in [5, 5.41) is 3.21. The highest BCUT2D eigenvalue weighted by molar-refractivity contribution is 6.30. The van der Waals surface area contributed by atoms with Gasteiger partial charge in [-0.05, 0) is 61.7 Å². The Balaban J connectivity index is 1.28. The van der Waals surface area contributed by atoms with Crippen LogP contribution in [0.15, 0.2) is 48.5 Å². The predicted molar refractivity (Wildman–Crippen MR) is 145 cm³/mol. The number of piperidine rings is 1. The second-order valence-corrected chi connectivity index (χ2v) is 10.9. The van der Waals surface area contributed by atoms with Gasteiger partial charge in [-0.25, -0.2) is 9.18 Å². The number of ether oxygens (including phenoxy) is 1. The van der Waals surface area contributed by atoms with Gasteiger partial charge in [0.05, 0.1) is 12.5 Å². The molecule has 3 aliphatic heterocycles. The number of rotatable bonds is 6. The van der Waals surface area contributed by atoms with Gasteiger partial charge in [0.25, 0.3) is 0 Å². The van der Waals surface area contributed by atoms with Crippen LogP contribution in [0.1, 0.15) is 37.7 Å². The van der Waals surface area contributed by atoms with E-state index in [4.69, 9.17) is 16.3 Å². The molecule has 212 valence electrons. The molecule has 0 aromatic heterocycles. The molecule has 0 saturated carbocycles. The zero-order valence-corrected chi connectivity index (χ0v) is 23.0. The zero-order valence-electron chi connectivity index (χ0n) is 22.2. The summed E-state index contributed by atoms with van der Waals surface area (Å²) < 4.78 is 18.9. The van der Waals surface area contributed by atoms with Crippen molar-refractivity contribution in [3.8, 4) is 5.75 Å². The first-order chi connectivity index (χ1) is 19.2. The maximum atomic E-state index is 13.7. The van der Waals surface area contributed by atoms with E-state index in [-0.39, 0.29) is 47.8 Å². The number of halogens is 2. The van der Waals surface area contributed by atoms with E-state index in [9.17, 15) is 23.6 Å². The van der Waals surface area contributed by atoms with E-state index in [1.807, 2.05) is 24.0 Å². The largest absolute Gasteiger partial charge is 0.415 e. The number of nitrogens with zero attached hydrogens (tertiary/aromatic N) is 3. The van der Waals surface area contributed by atoms with Crippen molar-refractivity contribution < 1.29 is 28.3 Å². The molecular formula is C29H32ClFN4O5. The third-order valence-corrected chi connectivity index (χ3v) is 8.32. The molecule has 0 radical (unpaired) electrons. The van der Waals surface area contributed by atoms with E-state index in [0.717, 1.165) is 5.56 Å². The number of β-lactam (4-membered cyclic amide) rings is 1. The van der Waals surface area contributed by atoms with E-state index in [0.29, 0.717) is 50.6 Å². The van der Waals surface area contributed by atoms with Crippen molar-refractivity contribution in [2.45, 2.75) is 44.2 Å². The summed E-state index contributed by atoms with van der Waals surface area (Å²) in [5.41, 5.74) is 0.959. The van der Waals surface area contributed by atoms with Gasteiger partial charge in [0.2, 0.25) is 17.7 Å². The van der Waals surface area contributed by atoms with Gasteiger partial charge in [-0.15, -0.1) is 0 Å². The summed E-state index contributed by atoms with van der Waals surface area (Å²) in [6.07, 6.45) is 0.739. The maximum absolute atomic E-state index is 13.7. The number of hydrogen-bond donors (Lipinski definition) is 1. The Bertz CT molecular complexity index is 1260. The molecule has 0 bridgehead atoms. The first-order valence-electron chi connectivity index (χ1n) is 13.6. The van der Waals surface area contributed by atoms with Crippen LogP contribution in [-0.2, 0) is 14.4 Å². The monoisotopic (exact) mass is 570 g/mol. The van der Waals surface area contributed by atoms with Crippen LogP contribution in [-0.4, -0.2) is 83.3 Å². The van der Waals surface area contributed by atoms with Crippen molar-refractivity contribution in [3.63, 3.8) is 0 Å². The van der Waals surface area contributed by atoms with Crippen molar-refractivity contribution in [2.75, 3.05) is 32.7 Å². The summed E-state index contributed by atoms with van der Waals surface area (Å²) >= 11 is 6.13. The summed E-state index contributed by atoms with van der Waals surface area (Å²) in [4.78, 5) is 55.8. The molecular weight excluding hydrogens is 539 g/mol. The molecule has 3 heterocycles. The van der Waals surface area contributed by atoms with Gasteiger partial charge < -0.3 is 24.8 Å². The lowest BCUT2D eigenvalue weighted by Gasteiger charge is -2.37. The molecule has 3 fully saturated rings. The van der Waals surface area contributed by atoms with Crippen molar-refractivity contribution in [1.82, 2.24) is 20.0 Å². The zero-order chi connectivity index (χ0) is 28.4. The van der Waals surface area contributed by atoms with Crippen LogP contribution >= 0.6 is 11.6 Å². The third kappa shape index (κ3) is 5.91. The molecule has 0 aliphatic carbocycles. The number of likely N-dealkylation sites (tertiary alicyclic amines) is 2. The van der Waals surface area contributed by atoms with Crippen LogP contribution in [0.4, 0.5) is 9.18 Å². The highest BCUT2D eigenvalue weighted by atomic mass is 35.5. The Labute approximate surface area is 237 Å². The lowest BCUT2D eigenvalue weighted by molar-refractivity contribution is -0.146. The summed E-state index contributed by atoms with van der Waals surface area (Å²) in [6, 6.07) is 11.9. The fourth-order valence-corrected chi connectivity index (χ4v) is 5.94. The minimum absolute atomic E-state index is 0.00784. The summed E-state index contributed by atoms with van der Waals surface area (Å²) in [5.74, 6) is -0.783. The number of hydrogen-bond acceptors (Lipinski definition) is 5. The highest BCUT2D eigenvalue weighted by Gasteiger charge is 2.44. The van der Waals surface area contributed by atoms with Gasteiger partial charge in [0.15, 0.2) is 0 Å². The average molecular weight is 571 g/mol. The molecule has 0 spiro atoms. The van der Waals surface area contributed by atoms with E-state index >= 15 is 0 Å². The molecule has 4 amide bonds. The van der Waals surface area contributed by atoms with Crippen LogP contribution in [0.25, 0.3) is 0 Å². The normalized spacial score (nSPS) is 22.9. The number of nitrogens with one attached hydrogen (secondary N) is 1. The fourth-order valence-electron chi connectivity index (χ4n) is 5.81. The van der Waals surface area contributed by atoms with Gasteiger partial charge in [0.1, 0.15) is 17.6 Å². The predicted octanol–water partition coefficient (Wildman–Crippen LogP) is 3.42. The number of carbonyl (C=O) groups is 4. The van der Waals surface area contributed by atoms with E-state index in [1.54, 1.807) is 21.9 Å². The van der Waals surface area contributed by atoms with Gasteiger partial charge in [0, 0.05) is 49.6 Å². The van der Waals surface area contributed by atoms with Crippen molar-refractivity contribution in [2.24, 2.45) is 5.92 Å². The summed E-state index contributed by atoms with van der Waals surface area (Å²) in [7, 11) is 0. The molecule has 9 nitrogen and oxygen atoms in total. The fraction of sp³-hybridized carbons (Fsp3) is 0.448. The molecule has 3 unspecified atom stereocenters. The Kier molecular flexibility index (Phi) is 8.25. The van der Waals surface area contributed by atoms with Crippen LogP contribution in [0, 0.1) is 11.7 Å². The standard InChI is InChI=1S/C29H32ClFN4O5/c1-2-35(29(39)40-22-9-7-21(31)8-10-22)25-17-34(16-23(25)18-3-5-20(30)6-4-18)27(37)19-11-13-33(14-12-19)28(38)24-15-26(36)32-24/h3-10,19,23-25H,2,11-17H2,1H3,(H,32,36). The second kappa shape index (κ2) is 11.8. The quantitative estimate of drug-likeness (QED) is 0.537. The Morgan fingerprint density at radius 3 is 2.25 bits per heavy atom. The molecule has 2 aromatic carbocycles. The SMILES string of the molecule is CCN(C(=O)Oc1ccc(F)cc1)C1CN(C(=O)C2CCN(C(=O)C3CC(=O)N3)CC2)CC1c1ccc(Cl)cc1. The van der Waals surface area contributed by atoms with Crippen LogP contribution in [0.3, 0.4) is 0 Å². The first kappa shape index (κ1) is 27.9. The number of likely N-dealkylation sites (N-methyl/N-ethyl adjacent to an activating group) is 1. The van der Waals surface area contributed by atoms with Gasteiger partial charge in [-0.2, -0.15) is 0 Å². The summed E-state index contributed by atoms with van der Waals surface area (Å²) in [6.45, 7) is 3.90. The van der Waals surface area contributed by atoms with Crippen LogP contribution in [0.2, 0.25) is 5.02 Å². The molecule has 2 aromatic rings. The van der Waals surface area contributed by atoms with Crippen molar-refractivity contribution in [3.05, 3.63) is 64.9 Å². The van der Waals surface area contributed by atoms with E-state index in [2.05, 4.69) is 5.32 Å². The van der Waals surface area contributed by atoms with Crippen molar-refractivity contribution >= 4 is 35.4 Å². The molecule has 11 heteroatoms. The average Bonchev–Trinajstić information content (AvgIpc) is 3.37. The minimum Gasteiger partial charge on any atom is -0.410 e. The van der Waals surface area contributed by atoms with Crippen LogP contribution < -0.4 is 10.1 Å². The topological polar surface area (TPSA) is 99.3 Å². The second-order valence-electron chi connectivity index (χ2n) is 10.5. The lowest BCUT2D eigenvalue weighted by Crippen LogP contribution is -2.59. The van der Waals surface area contributed by atoms with Gasteiger partial charge in [-0.3, -0.25) is 14.4 Å². The molecule has 40 heavy (non-hydrogen) atoms. The van der Waals surface area contributed by atoms with Gasteiger partial charge >= 0.3 is 6.09 Å². The molecule has 1 N–H and O–H groups in total. The Morgan fingerprint density at radius 2 is 1.65 bits per heavy atom. The molecule has 3 saturated heterocycles.